The molecule has 4 nitrogen and oxygen atoms in total. The summed E-state index contributed by atoms with van der Waals surface area (Å²) in [5, 5.41) is 19.8. The summed E-state index contributed by atoms with van der Waals surface area (Å²) in [5.74, 6) is 0.604. The van der Waals surface area contributed by atoms with Crippen LogP contribution in [0.3, 0.4) is 0 Å². The zero-order valence-electron chi connectivity index (χ0n) is 8.46. The van der Waals surface area contributed by atoms with E-state index in [0.717, 1.165) is 12.0 Å². The molecule has 3 atom stereocenters. The van der Waals surface area contributed by atoms with Crippen LogP contribution in [0.5, 0.6) is 0 Å². The highest BCUT2D eigenvalue weighted by Crippen LogP contribution is 2.42. The van der Waals surface area contributed by atoms with Gasteiger partial charge >= 0.3 is 0 Å². The van der Waals surface area contributed by atoms with Crippen LogP contribution in [-0.2, 0) is 0 Å². The number of hydrogen-bond acceptors (Lipinski definition) is 3. The maximum Gasteiger partial charge on any atom is 0.269 e. The van der Waals surface area contributed by atoms with Crippen molar-refractivity contribution < 1.29 is 10.0 Å². The van der Waals surface area contributed by atoms with E-state index in [1.165, 1.54) is 12.1 Å². The van der Waals surface area contributed by atoms with Gasteiger partial charge in [-0.05, 0) is 23.8 Å². The number of aliphatic hydroxyl groups is 1. The lowest BCUT2D eigenvalue weighted by Crippen LogP contribution is -2.37. The minimum Gasteiger partial charge on any atom is -0.393 e. The SMILES string of the molecule is CC1C(O)CC1c1ccc([N+](=O)[O-])cc1. The molecular weight excluding hydrogens is 194 g/mol. The molecule has 80 valence electrons. The second-order valence-electron chi connectivity index (χ2n) is 4.12. The summed E-state index contributed by atoms with van der Waals surface area (Å²) in [5.41, 5.74) is 1.20. The van der Waals surface area contributed by atoms with E-state index in [-0.39, 0.29) is 17.7 Å². The van der Waals surface area contributed by atoms with Crippen molar-refractivity contribution in [1.29, 1.82) is 0 Å². The molecule has 0 aliphatic heterocycles. The maximum absolute atomic E-state index is 10.4. The van der Waals surface area contributed by atoms with Gasteiger partial charge in [0, 0.05) is 12.1 Å². The highest BCUT2D eigenvalue weighted by atomic mass is 16.6. The predicted molar refractivity (Wildman–Crippen MR) is 55.6 cm³/mol. The number of rotatable bonds is 2. The summed E-state index contributed by atoms with van der Waals surface area (Å²) in [4.78, 5) is 10.0. The second-order valence-corrected chi connectivity index (χ2v) is 4.12. The van der Waals surface area contributed by atoms with Gasteiger partial charge in [-0.1, -0.05) is 19.1 Å². The predicted octanol–water partition coefficient (Wildman–Crippen LogP) is 2.08. The van der Waals surface area contributed by atoms with Crippen molar-refractivity contribution in [3.05, 3.63) is 39.9 Å². The number of nitrogens with zero attached hydrogens (tertiary/aromatic N) is 1. The van der Waals surface area contributed by atoms with E-state index < -0.39 is 4.92 Å². The standard InChI is InChI=1S/C11H13NO3/c1-7-10(6-11(7)13)8-2-4-9(5-3-8)12(14)15/h2-5,7,10-11,13H,6H2,1H3. The van der Waals surface area contributed by atoms with Crippen molar-refractivity contribution in [3.8, 4) is 0 Å². The molecule has 2 rings (SSSR count). The van der Waals surface area contributed by atoms with E-state index >= 15 is 0 Å². The Kier molecular flexibility index (Phi) is 2.44. The van der Waals surface area contributed by atoms with Gasteiger partial charge in [0.1, 0.15) is 0 Å². The van der Waals surface area contributed by atoms with Gasteiger partial charge in [-0.2, -0.15) is 0 Å². The van der Waals surface area contributed by atoms with E-state index in [0.29, 0.717) is 5.92 Å². The molecule has 1 N–H and O–H groups in total. The first-order valence-electron chi connectivity index (χ1n) is 5.02. The minimum atomic E-state index is -0.400. The van der Waals surface area contributed by atoms with Gasteiger partial charge in [0.2, 0.25) is 0 Å². The van der Waals surface area contributed by atoms with E-state index in [9.17, 15) is 15.2 Å². The van der Waals surface area contributed by atoms with Crippen LogP contribution in [0.1, 0.15) is 24.8 Å². The molecule has 1 fully saturated rings. The van der Waals surface area contributed by atoms with Gasteiger partial charge in [0.25, 0.3) is 5.69 Å². The number of nitro benzene ring substituents is 1. The molecule has 1 saturated carbocycles. The first-order chi connectivity index (χ1) is 7.09. The van der Waals surface area contributed by atoms with Crippen LogP contribution in [0, 0.1) is 16.0 Å². The van der Waals surface area contributed by atoms with Crippen molar-refractivity contribution in [2.45, 2.75) is 25.4 Å². The summed E-state index contributed by atoms with van der Waals surface area (Å²) >= 11 is 0. The molecule has 15 heavy (non-hydrogen) atoms. The lowest BCUT2D eigenvalue weighted by molar-refractivity contribution is -0.384. The second kappa shape index (κ2) is 3.62. The topological polar surface area (TPSA) is 63.4 Å². The van der Waals surface area contributed by atoms with Crippen LogP contribution >= 0.6 is 0 Å². The Hall–Kier alpha value is -1.42. The summed E-state index contributed by atoms with van der Waals surface area (Å²) in [6, 6.07) is 6.61. The lowest BCUT2D eigenvalue weighted by atomic mass is 9.69. The largest absolute Gasteiger partial charge is 0.393 e. The quantitative estimate of drug-likeness (QED) is 0.596. The van der Waals surface area contributed by atoms with Gasteiger partial charge in [-0.15, -0.1) is 0 Å². The Bertz CT molecular complexity index is 374. The zero-order valence-corrected chi connectivity index (χ0v) is 8.46. The Morgan fingerprint density at radius 2 is 2.00 bits per heavy atom. The van der Waals surface area contributed by atoms with Crippen LogP contribution in [0.25, 0.3) is 0 Å². The fourth-order valence-corrected chi connectivity index (χ4v) is 2.04. The molecule has 1 aromatic rings. The highest BCUT2D eigenvalue weighted by Gasteiger charge is 2.37. The number of aliphatic hydroxyl groups excluding tert-OH is 1. The molecule has 0 bridgehead atoms. The summed E-state index contributed by atoms with van der Waals surface area (Å²) < 4.78 is 0. The van der Waals surface area contributed by atoms with Gasteiger partial charge < -0.3 is 5.11 Å². The van der Waals surface area contributed by atoms with Crippen LogP contribution in [0.2, 0.25) is 0 Å². The van der Waals surface area contributed by atoms with Crippen LogP contribution in [0.15, 0.2) is 24.3 Å². The average molecular weight is 207 g/mol. The lowest BCUT2D eigenvalue weighted by Gasteiger charge is -2.39. The third-order valence-electron chi connectivity index (χ3n) is 3.27. The first kappa shape index (κ1) is 10.1. The van der Waals surface area contributed by atoms with Gasteiger partial charge in [-0.3, -0.25) is 10.1 Å². The minimum absolute atomic E-state index is 0.117. The van der Waals surface area contributed by atoms with Gasteiger partial charge in [0.15, 0.2) is 0 Å². The first-order valence-corrected chi connectivity index (χ1v) is 5.02. The van der Waals surface area contributed by atoms with Crippen molar-refractivity contribution in [3.63, 3.8) is 0 Å². The molecular formula is C11H13NO3. The van der Waals surface area contributed by atoms with Crippen LogP contribution in [-0.4, -0.2) is 16.1 Å². The maximum atomic E-state index is 10.4. The average Bonchev–Trinajstić information content (AvgIpc) is 2.25. The molecule has 1 aromatic carbocycles. The van der Waals surface area contributed by atoms with E-state index in [4.69, 9.17) is 0 Å². The monoisotopic (exact) mass is 207 g/mol. The third kappa shape index (κ3) is 1.72. The normalized spacial score (nSPS) is 29.6. The Labute approximate surface area is 87.7 Å². The van der Waals surface area contributed by atoms with Crippen molar-refractivity contribution >= 4 is 5.69 Å². The van der Waals surface area contributed by atoms with Crippen LogP contribution < -0.4 is 0 Å². The molecule has 1 aliphatic carbocycles. The molecule has 0 heterocycles. The molecule has 1 aliphatic rings. The summed E-state index contributed by atoms with van der Waals surface area (Å²) in [6.45, 7) is 2.00. The van der Waals surface area contributed by atoms with Crippen molar-refractivity contribution in [2.24, 2.45) is 5.92 Å². The smallest absolute Gasteiger partial charge is 0.269 e. The molecule has 3 unspecified atom stereocenters. The number of benzene rings is 1. The molecule has 0 amide bonds. The summed E-state index contributed by atoms with van der Waals surface area (Å²) in [7, 11) is 0. The fourth-order valence-electron chi connectivity index (χ4n) is 2.04. The highest BCUT2D eigenvalue weighted by molar-refractivity contribution is 5.35. The van der Waals surface area contributed by atoms with Gasteiger partial charge in [0.05, 0.1) is 11.0 Å². The number of non-ortho nitro benzene ring substituents is 1. The number of nitro groups is 1. The Morgan fingerprint density at radius 1 is 1.40 bits per heavy atom. The molecule has 0 spiro atoms. The van der Waals surface area contributed by atoms with Crippen molar-refractivity contribution in [1.82, 2.24) is 0 Å². The van der Waals surface area contributed by atoms with Crippen LogP contribution in [0.4, 0.5) is 5.69 Å². The number of hydrogen-bond donors (Lipinski definition) is 1. The van der Waals surface area contributed by atoms with Crippen molar-refractivity contribution in [2.75, 3.05) is 0 Å². The molecule has 0 radical (unpaired) electrons. The molecule has 0 aromatic heterocycles. The van der Waals surface area contributed by atoms with E-state index in [1.54, 1.807) is 12.1 Å². The van der Waals surface area contributed by atoms with E-state index in [1.807, 2.05) is 6.92 Å². The third-order valence-corrected chi connectivity index (χ3v) is 3.27. The zero-order chi connectivity index (χ0) is 11.0. The molecule has 0 saturated heterocycles. The Morgan fingerprint density at radius 3 is 2.40 bits per heavy atom. The van der Waals surface area contributed by atoms with E-state index in [2.05, 4.69) is 0 Å². The molecule has 4 heteroatoms. The Balaban J connectivity index is 2.14. The van der Waals surface area contributed by atoms with Gasteiger partial charge in [-0.25, -0.2) is 0 Å². The summed E-state index contributed by atoms with van der Waals surface area (Å²) in [6.07, 6.45) is 0.545. The fraction of sp³-hybridized carbons (Fsp3) is 0.455.